The molecule has 29 heavy (non-hydrogen) atoms. The van der Waals surface area contributed by atoms with E-state index in [4.69, 9.17) is 4.74 Å². The minimum absolute atomic E-state index is 0.0879. The minimum Gasteiger partial charge on any atom is -0.504 e. The summed E-state index contributed by atoms with van der Waals surface area (Å²) in [7, 11) is 1.63. The number of phenols is 1. The van der Waals surface area contributed by atoms with Crippen molar-refractivity contribution in [2.45, 2.75) is 26.8 Å². The number of hydrogen-bond donors (Lipinski definition) is 4. The summed E-state index contributed by atoms with van der Waals surface area (Å²) in [6, 6.07) is 12.8. The smallest absolute Gasteiger partial charge is 0.251 e. The first-order valence-electron chi connectivity index (χ1n) is 9.85. The van der Waals surface area contributed by atoms with E-state index in [1.54, 1.807) is 25.2 Å². The molecule has 7 heteroatoms. The van der Waals surface area contributed by atoms with E-state index in [-0.39, 0.29) is 11.7 Å². The Morgan fingerprint density at radius 1 is 1.10 bits per heavy atom. The van der Waals surface area contributed by atoms with Crippen LogP contribution < -0.4 is 20.7 Å². The van der Waals surface area contributed by atoms with E-state index in [0.29, 0.717) is 37.0 Å². The van der Waals surface area contributed by atoms with Crippen LogP contribution >= 0.6 is 0 Å². The van der Waals surface area contributed by atoms with Gasteiger partial charge in [-0.2, -0.15) is 0 Å². The van der Waals surface area contributed by atoms with E-state index in [1.807, 2.05) is 38.1 Å². The quantitative estimate of drug-likeness (QED) is 0.384. The van der Waals surface area contributed by atoms with Crippen molar-refractivity contribution in [1.82, 2.24) is 16.0 Å². The lowest BCUT2D eigenvalue weighted by Crippen LogP contribution is -2.38. The van der Waals surface area contributed by atoms with Crippen molar-refractivity contribution in [1.29, 1.82) is 0 Å². The van der Waals surface area contributed by atoms with E-state index in [2.05, 4.69) is 20.9 Å². The summed E-state index contributed by atoms with van der Waals surface area (Å²) in [5.41, 5.74) is 2.68. The largest absolute Gasteiger partial charge is 0.504 e. The number of phenolic OH excluding ortho intramolecular Hbond substituents is 1. The molecule has 0 spiro atoms. The van der Waals surface area contributed by atoms with Gasteiger partial charge < -0.3 is 25.8 Å². The first-order valence-corrected chi connectivity index (χ1v) is 9.85. The summed E-state index contributed by atoms with van der Waals surface area (Å²) in [4.78, 5) is 16.4. The van der Waals surface area contributed by atoms with Crippen LogP contribution in [0.15, 0.2) is 47.5 Å². The number of nitrogens with zero attached hydrogens (tertiary/aromatic N) is 1. The van der Waals surface area contributed by atoms with Gasteiger partial charge in [0.15, 0.2) is 17.5 Å². The van der Waals surface area contributed by atoms with Crippen molar-refractivity contribution in [2.75, 3.05) is 26.7 Å². The fraction of sp³-hybridized carbons (Fsp3) is 0.364. The van der Waals surface area contributed by atoms with Crippen LogP contribution in [0, 0.1) is 0 Å². The Morgan fingerprint density at radius 2 is 1.93 bits per heavy atom. The number of benzene rings is 2. The molecule has 0 atom stereocenters. The molecule has 0 saturated heterocycles. The highest BCUT2D eigenvalue weighted by molar-refractivity contribution is 5.94. The number of ether oxygens (including phenoxy) is 1. The fourth-order valence-electron chi connectivity index (χ4n) is 2.78. The number of rotatable bonds is 9. The summed E-state index contributed by atoms with van der Waals surface area (Å²) >= 11 is 0. The standard InChI is InChI=1S/C22H30N4O3/c1-4-24-22(26-15-17-9-10-19(27)20(14-17)29-5-2)25-12-11-16-7-6-8-18(13-16)21(28)23-3/h6-10,13-14,27H,4-5,11-12,15H2,1-3H3,(H,23,28)(H2,24,25,26). The second-order valence-corrected chi connectivity index (χ2v) is 6.39. The van der Waals surface area contributed by atoms with Gasteiger partial charge in [0.1, 0.15) is 0 Å². The average Bonchev–Trinajstić information content (AvgIpc) is 2.74. The van der Waals surface area contributed by atoms with Gasteiger partial charge in [0, 0.05) is 25.7 Å². The molecule has 0 aliphatic heterocycles. The Hall–Kier alpha value is -3.22. The summed E-state index contributed by atoms with van der Waals surface area (Å²) in [5, 5.41) is 19.0. The lowest BCUT2D eigenvalue weighted by molar-refractivity contribution is 0.0963. The Kier molecular flexibility index (Phi) is 8.82. The topological polar surface area (TPSA) is 95.0 Å². The molecule has 0 saturated carbocycles. The van der Waals surface area contributed by atoms with Crippen molar-refractivity contribution in [3.8, 4) is 11.5 Å². The van der Waals surface area contributed by atoms with Crippen LogP contribution in [0.4, 0.5) is 0 Å². The predicted octanol–water partition coefficient (Wildman–Crippen LogP) is 2.45. The molecular weight excluding hydrogens is 368 g/mol. The van der Waals surface area contributed by atoms with Crippen LogP contribution in [0.5, 0.6) is 11.5 Å². The summed E-state index contributed by atoms with van der Waals surface area (Å²) in [6.45, 7) is 6.27. The highest BCUT2D eigenvalue weighted by Gasteiger charge is 2.05. The third-order valence-corrected chi connectivity index (χ3v) is 4.21. The number of amides is 1. The third-order valence-electron chi connectivity index (χ3n) is 4.21. The van der Waals surface area contributed by atoms with Crippen molar-refractivity contribution in [2.24, 2.45) is 4.99 Å². The van der Waals surface area contributed by atoms with Gasteiger partial charge in [-0.25, -0.2) is 4.99 Å². The molecule has 2 aromatic carbocycles. The molecule has 0 fully saturated rings. The zero-order valence-corrected chi connectivity index (χ0v) is 17.3. The number of hydrogen-bond acceptors (Lipinski definition) is 4. The molecule has 0 heterocycles. The van der Waals surface area contributed by atoms with Crippen LogP contribution in [0.3, 0.4) is 0 Å². The molecule has 0 radical (unpaired) electrons. The fourth-order valence-corrected chi connectivity index (χ4v) is 2.78. The Balaban J connectivity index is 1.96. The van der Waals surface area contributed by atoms with Gasteiger partial charge in [0.2, 0.25) is 0 Å². The maximum absolute atomic E-state index is 11.8. The summed E-state index contributed by atoms with van der Waals surface area (Å²) in [5.74, 6) is 1.22. The summed E-state index contributed by atoms with van der Waals surface area (Å²) in [6.07, 6.45) is 0.767. The SMILES string of the molecule is CCNC(=NCc1ccc(O)c(OCC)c1)NCCc1cccc(C(=O)NC)c1. The van der Waals surface area contributed by atoms with E-state index in [9.17, 15) is 9.90 Å². The van der Waals surface area contributed by atoms with Gasteiger partial charge in [0.25, 0.3) is 5.91 Å². The van der Waals surface area contributed by atoms with Crippen LogP contribution in [-0.2, 0) is 13.0 Å². The number of nitrogens with one attached hydrogen (secondary N) is 3. The number of aromatic hydroxyl groups is 1. The molecule has 2 rings (SSSR count). The van der Waals surface area contributed by atoms with Gasteiger partial charge >= 0.3 is 0 Å². The Bertz CT molecular complexity index is 837. The van der Waals surface area contributed by atoms with E-state index >= 15 is 0 Å². The van der Waals surface area contributed by atoms with Gasteiger partial charge in [-0.05, 0) is 55.7 Å². The first-order chi connectivity index (χ1) is 14.1. The van der Waals surface area contributed by atoms with E-state index in [1.165, 1.54) is 0 Å². The number of guanidine groups is 1. The molecule has 156 valence electrons. The predicted molar refractivity (Wildman–Crippen MR) is 116 cm³/mol. The second kappa shape index (κ2) is 11.6. The monoisotopic (exact) mass is 398 g/mol. The molecule has 0 bridgehead atoms. The van der Waals surface area contributed by atoms with Crippen molar-refractivity contribution < 1.29 is 14.6 Å². The Labute approximate surface area is 172 Å². The number of aliphatic imine (C=N–C) groups is 1. The first kappa shape index (κ1) is 22.1. The molecular formula is C22H30N4O3. The highest BCUT2D eigenvalue weighted by Crippen LogP contribution is 2.27. The molecule has 4 N–H and O–H groups in total. The van der Waals surface area contributed by atoms with Crippen LogP contribution in [0.1, 0.15) is 35.3 Å². The maximum Gasteiger partial charge on any atom is 0.251 e. The maximum atomic E-state index is 11.8. The van der Waals surface area contributed by atoms with Crippen LogP contribution in [0.2, 0.25) is 0 Å². The van der Waals surface area contributed by atoms with Gasteiger partial charge in [-0.1, -0.05) is 18.2 Å². The number of carbonyl (C=O) groups is 1. The van der Waals surface area contributed by atoms with Gasteiger partial charge in [-0.3, -0.25) is 4.79 Å². The molecule has 0 aromatic heterocycles. The molecule has 1 amide bonds. The zero-order chi connectivity index (χ0) is 21.1. The molecule has 0 unspecified atom stereocenters. The lowest BCUT2D eigenvalue weighted by atomic mass is 10.1. The molecule has 0 aliphatic carbocycles. The van der Waals surface area contributed by atoms with Crippen molar-refractivity contribution in [3.05, 3.63) is 59.2 Å². The van der Waals surface area contributed by atoms with Crippen molar-refractivity contribution >= 4 is 11.9 Å². The highest BCUT2D eigenvalue weighted by atomic mass is 16.5. The Morgan fingerprint density at radius 3 is 2.66 bits per heavy atom. The lowest BCUT2D eigenvalue weighted by Gasteiger charge is -2.12. The van der Waals surface area contributed by atoms with Gasteiger partial charge in [-0.15, -0.1) is 0 Å². The van der Waals surface area contributed by atoms with Gasteiger partial charge in [0.05, 0.1) is 13.2 Å². The zero-order valence-electron chi connectivity index (χ0n) is 17.3. The van der Waals surface area contributed by atoms with Crippen LogP contribution in [0.25, 0.3) is 0 Å². The number of carbonyl (C=O) groups excluding carboxylic acids is 1. The molecule has 0 aliphatic rings. The summed E-state index contributed by atoms with van der Waals surface area (Å²) < 4.78 is 5.42. The van der Waals surface area contributed by atoms with E-state index < -0.39 is 0 Å². The normalized spacial score (nSPS) is 11.1. The third kappa shape index (κ3) is 7.03. The molecule has 2 aromatic rings. The second-order valence-electron chi connectivity index (χ2n) is 6.39. The average molecular weight is 399 g/mol. The minimum atomic E-state index is -0.0879. The van der Waals surface area contributed by atoms with E-state index in [0.717, 1.165) is 24.1 Å². The van der Waals surface area contributed by atoms with Crippen molar-refractivity contribution in [3.63, 3.8) is 0 Å². The van der Waals surface area contributed by atoms with Crippen LogP contribution in [-0.4, -0.2) is 43.7 Å². The molecule has 7 nitrogen and oxygen atoms in total.